The molecule has 32 heavy (non-hydrogen) atoms. The summed E-state index contributed by atoms with van der Waals surface area (Å²) >= 11 is 0. The first-order valence-corrected chi connectivity index (χ1v) is 10.7. The molecule has 8 nitrogen and oxygen atoms in total. The van der Waals surface area contributed by atoms with Crippen molar-refractivity contribution in [3.8, 4) is 0 Å². The number of nitrogens with one attached hydrogen (secondary N) is 3. The van der Waals surface area contributed by atoms with E-state index >= 15 is 0 Å². The fourth-order valence-electron chi connectivity index (χ4n) is 4.56. The zero-order valence-electron chi connectivity index (χ0n) is 18.3. The van der Waals surface area contributed by atoms with Gasteiger partial charge in [-0.05, 0) is 57.5 Å². The number of benzene rings is 2. The number of hydrogen-bond donors (Lipinski definition) is 4. The van der Waals surface area contributed by atoms with E-state index in [-0.39, 0.29) is 18.4 Å². The SMILES string of the molecule is CCOC(=O)c1ccc(NC(=O)[C@H]2C[C@H]([C@@H](C)O)N[C@]23C(=O)Nc2ccc(C)cc23)cc1. The Hall–Kier alpha value is -3.23. The molecule has 0 bridgehead atoms. The monoisotopic (exact) mass is 437 g/mol. The summed E-state index contributed by atoms with van der Waals surface area (Å²) in [5.74, 6) is -1.82. The van der Waals surface area contributed by atoms with Crippen molar-refractivity contribution in [2.75, 3.05) is 17.2 Å². The molecule has 0 aromatic heterocycles. The highest BCUT2D eigenvalue weighted by atomic mass is 16.5. The minimum atomic E-state index is -1.27. The van der Waals surface area contributed by atoms with Crippen LogP contribution in [0, 0.1) is 12.8 Å². The van der Waals surface area contributed by atoms with Crippen molar-refractivity contribution in [3.63, 3.8) is 0 Å². The summed E-state index contributed by atoms with van der Waals surface area (Å²) in [5, 5.41) is 19.2. The number of rotatable bonds is 5. The molecule has 8 heteroatoms. The van der Waals surface area contributed by atoms with Gasteiger partial charge in [-0.1, -0.05) is 17.7 Å². The maximum Gasteiger partial charge on any atom is 0.338 e. The average molecular weight is 437 g/mol. The van der Waals surface area contributed by atoms with Gasteiger partial charge in [0.25, 0.3) is 0 Å². The minimum absolute atomic E-state index is 0.279. The Bertz CT molecular complexity index is 1070. The Balaban J connectivity index is 1.64. The van der Waals surface area contributed by atoms with E-state index in [0.717, 1.165) is 5.56 Å². The molecule has 4 N–H and O–H groups in total. The lowest BCUT2D eigenvalue weighted by molar-refractivity contribution is -0.130. The van der Waals surface area contributed by atoms with Crippen molar-refractivity contribution < 1.29 is 24.2 Å². The van der Waals surface area contributed by atoms with Crippen LogP contribution >= 0.6 is 0 Å². The normalized spacial score (nSPS) is 24.7. The largest absolute Gasteiger partial charge is 0.462 e. The molecule has 2 aromatic carbocycles. The molecule has 4 rings (SSSR count). The fraction of sp³-hybridized carbons (Fsp3) is 0.375. The van der Waals surface area contributed by atoms with E-state index in [1.807, 2.05) is 25.1 Å². The van der Waals surface area contributed by atoms with Gasteiger partial charge in [-0.25, -0.2) is 4.79 Å². The molecule has 0 saturated carbocycles. The van der Waals surface area contributed by atoms with E-state index in [2.05, 4.69) is 16.0 Å². The van der Waals surface area contributed by atoms with Crippen LogP contribution in [0.15, 0.2) is 42.5 Å². The number of carbonyl (C=O) groups is 3. The van der Waals surface area contributed by atoms with E-state index < -0.39 is 29.6 Å². The smallest absolute Gasteiger partial charge is 0.338 e. The highest BCUT2D eigenvalue weighted by Crippen LogP contribution is 2.48. The first kappa shape index (κ1) is 22.0. The second-order valence-electron chi connectivity index (χ2n) is 8.38. The molecule has 2 aliphatic heterocycles. The molecule has 4 atom stereocenters. The fourth-order valence-corrected chi connectivity index (χ4v) is 4.56. The number of hydrogen-bond acceptors (Lipinski definition) is 6. The maximum atomic E-state index is 13.4. The van der Waals surface area contributed by atoms with Gasteiger partial charge in [0.05, 0.1) is 24.2 Å². The van der Waals surface area contributed by atoms with Crippen molar-refractivity contribution in [1.29, 1.82) is 0 Å². The van der Waals surface area contributed by atoms with E-state index in [1.54, 1.807) is 38.1 Å². The summed E-state index contributed by atoms with van der Waals surface area (Å²) in [6.07, 6.45) is -0.444. The Kier molecular flexibility index (Phi) is 5.75. The number of aliphatic hydroxyl groups excluding tert-OH is 1. The van der Waals surface area contributed by atoms with Crippen LogP contribution in [0.3, 0.4) is 0 Å². The van der Waals surface area contributed by atoms with Crippen LogP contribution in [0.25, 0.3) is 0 Å². The molecule has 0 aliphatic carbocycles. The number of aryl methyl sites for hydroxylation is 1. The Morgan fingerprint density at radius 1 is 1.25 bits per heavy atom. The Labute approximate surface area is 186 Å². The highest BCUT2D eigenvalue weighted by molar-refractivity contribution is 6.10. The minimum Gasteiger partial charge on any atom is -0.462 e. The topological polar surface area (TPSA) is 117 Å². The second-order valence-corrected chi connectivity index (χ2v) is 8.38. The number of fused-ring (bicyclic) bond motifs is 2. The third-order valence-electron chi connectivity index (χ3n) is 6.19. The zero-order chi connectivity index (χ0) is 23.0. The van der Waals surface area contributed by atoms with Gasteiger partial charge in [-0.3, -0.25) is 14.9 Å². The lowest BCUT2D eigenvalue weighted by atomic mass is 9.79. The van der Waals surface area contributed by atoms with Gasteiger partial charge in [-0.15, -0.1) is 0 Å². The van der Waals surface area contributed by atoms with Crippen molar-refractivity contribution >= 4 is 29.2 Å². The summed E-state index contributed by atoms with van der Waals surface area (Å²) in [7, 11) is 0. The van der Waals surface area contributed by atoms with Gasteiger partial charge in [-0.2, -0.15) is 0 Å². The quantitative estimate of drug-likeness (QED) is 0.534. The number of aliphatic hydroxyl groups is 1. The Morgan fingerprint density at radius 2 is 1.97 bits per heavy atom. The molecular formula is C24H27N3O5. The molecule has 168 valence electrons. The predicted molar refractivity (Wildman–Crippen MR) is 119 cm³/mol. The summed E-state index contributed by atoms with van der Waals surface area (Å²) in [4.78, 5) is 38.4. The maximum absolute atomic E-state index is 13.4. The van der Waals surface area contributed by atoms with E-state index in [9.17, 15) is 19.5 Å². The lowest BCUT2D eigenvalue weighted by Crippen LogP contribution is -2.53. The van der Waals surface area contributed by atoms with Crippen LogP contribution in [-0.4, -0.2) is 41.6 Å². The zero-order valence-corrected chi connectivity index (χ0v) is 18.3. The second kappa shape index (κ2) is 8.37. The number of esters is 1. The molecule has 2 amide bonds. The van der Waals surface area contributed by atoms with Crippen LogP contribution in [0.5, 0.6) is 0 Å². The average Bonchev–Trinajstić information content (AvgIpc) is 3.29. The summed E-state index contributed by atoms with van der Waals surface area (Å²) in [6.45, 7) is 5.58. The van der Waals surface area contributed by atoms with Gasteiger partial charge in [0, 0.05) is 23.0 Å². The molecule has 0 radical (unpaired) electrons. The van der Waals surface area contributed by atoms with Gasteiger partial charge < -0.3 is 20.5 Å². The first-order valence-electron chi connectivity index (χ1n) is 10.7. The first-order chi connectivity index (χ1) is 15.3. The number of amides is 2. The number of ether oxygens (including phenoxy) is 1. The van der Waals surface area contributed by atoms with Crippen molar-refractivity contribution in [1.82, 2.24) is 5.32 Å². The van der Waals surface area contributed by atoms with E-state index in [1.165, 1.54) is 0 Å². The molecule has 0 unspecified atom stereocenters. The van der Waals surface area contributed by atoms with Crippen LogP contribution < -0.4 is 16.0 Å². The van der Waals surface area contributed by atoms with E-state index in [4.69, 9.17) is 4.74 Å². The van der Waals surface area contributed by atoms with Crippen molar-refractivity contribution in [3.05, 3.63) is 59.2 Å². The van der Waals surface area contributed by atoms with Crippen molar-refractivity contribution in [2.24, 2.45) is 5.92 Å². The van der Waals surface area contributed by atoms with E-state index in [0.29, 0.717) is 28.9 Å². The summed E-state index contributed by atoms with van der Waals surface area (Å²) < 4.78 is 4.98. The highest BCUT2D eigenvalue weighted by Gasteiger charge is 2.60. The summed E-state index contributed by atoms with van der Waals surface area (Å²) in [5.41, 5.74) is 1.96. The predicted octanol–water partition coefficient (Wildman–Crippen LogP) is 2.32. The number of carbonyl (C=O) groups excluding carboxylic acids is 3. The standard InChI is InChI=1S/C24H27N3O5/c1-4-32-22(30)15-6-8-16(9-7-15)25-21(29)18-12-20(14(3)28)27-24(18)17-11-13(2)5-10-19(17)26-23(24)31/h5-11,14,18,20,27-28H,4,12H2,1-3H3,(H,25,29)(H,26,31)/t14-,18-,20-,24+/m1/s1. The van der Waals surface area contributed by atoms with Crippen LogP contribution in [0.1, 0.15) is 41.8 Å². The molecular weight excluding hydrogens is 410 g/mol. The van der Waals surface area contributed by atoms with Crippen LogP contribution in [-0.2, 0) is 19.9 Å². The third-order valence-corrected chi connectivity index (χ3v) is 6.19. The third kappa shape index (κ3) is 3.65. The van der Waals surface area contributed by atoms with Crippen molar-refractivity contribution in [2.45, 2.75) is 44.9 Å². The molecule has 2 heterocycles. The molecule has 1 spiro atoms. The lowest BCUT2D eigenvalue weighted by Gasteiger charge is -2.29. The van der Waals surface area contributed by atoms with Crippen LogP contribution in [0.4, 0.5) is 11.4 Å². The number of anilines is 2. The summed E-state index contributed by atoms with van der Waals surface area (Å²) in [6, 6.07) is 11.6. The molecule has 2 aliphatic rings. The molecule has 1 fully saturated rings. The van der Waals surface area contributed by atoms with Gasteiger partial charge >= 0.3 is 5.97 Å². The van der Waals surface area contributed by atoms with Gasteiger partial charge in [0.1, 0.15) is 5.54 Å². The van der Waals surface area contributed by atoms with Gasteiger partial charge in [0.15, 0.2) is 0 Å². The van der Waals surface area contributed by atoms with Gasteiger partial charge in [0.2, 0.25) is 11.8 Å². The Morgan fingerprint density at radius 3 is 2.62 bits per heavy atom. The molecule has 2 aromatic rings. The molecule has 1 saturated heterocycles. The van der Waals surface area contributed by atoms with Crippen LogP contribution in [0.2, 0.25) is 0 Å².